The van der Waals surface area contributed by atoms with Crippen molar-refractivity contribution in [1.82, 2.24) is 10.3 Å². The lowest BCUT2D eigenvalue weighted by molar-refractivity contribution is 0.0940. The number of carbonyl (C=O) groups excluding carboxylic acids is 1. The summed E-state index contributed by atoms with van der Waals surface area (Å²) in [7, 11) is 0. The number of amides is 1. The van der Waals surface area contributed by atoms with Crippen molar-refractivity contribution in [3.05, 3.63) is 59.8 Å². The Morgan fingerprint density at radius 3 is 2.77 bits per heavy atom. The summed E-state index contributed by atoms with van der Waals surface area (Å²) in [6.45, 7) is 1.65. The van der Waals surface area contributed by atoms with E-state index in [2.05, 4.69) is 15.2 Å². The van der Waals surface area contributed by atoms with E-state index < -0.39 is 0 Å². The minimum absolute atomic E-state index is 0.0997. The Labute approximate surface area is 129 Å². The summed E-state index contributed by atoms with van der Waals surface area (Å²) in [5, 5.41) is 11.8. The highest BCUT2D eigenvalue weighted by Crippen LogP contribution is 2.17. The Bertz CT molecular complexity index is 691. The van der Waals surface area contributed by atoms with Crippen molar-refractivity contribution in [2.24, 2.45) is 0 Å². The predicted octanol–water partition coefficient (Wildman–Crippen LogP) is 1.96. The van der Waals surface area contributed by atoms with Crippen LogP contribution in [0.1, 0.15) is 22.3 Å². The molecule has 110 valence electrons. The summed E-state index contributed by atoms with van der Waals surface area (Å²) >= 11 is 0. The molecule has 3 rings (SSSR count). The van der Waals surface area contributed by atoms with E-state index in [0.717, 1.165) is 25.3 Å². The molecule has 1 amide bonds. The average Bonchev–Trinajstić information content (AvgIpc) is 3.04. The lowest BCUT2D eigenvalue weighted by Crippen LogP contribution is -2.37. The van der Waals surface area contributed by atoms with Crippen LogP contribution < -0.4 is 10.2 Å². The summed E-state index contributed by atoms with van der Waals surface area (Å²) in [5.41, 5.74) is 1.13. The van der Waals surface area contributed by atoms with Gasteiger partial charge >= 0.3 is 0 Å². The zero-order valence-corrected chi connectivity index (χ0v) is 12.1. The molecule has 0 radical (unpaired) electrons. The zero-order chi connectivity index (χ0) is 15.4. The van der Waals surface area contributed by atoms with Gasteiger partial charge in [0.15, 0.2) is 0 Å². The number of carbonyl (C=O) groups is 1. The number of pyridine rings is 1. The van der Waals surface area contributed by atoms with E-state index >= 15 is 0 Å². The van der Waals surface area contributed by atoms with Crippen LogP contribution >= 0.6 is 0 Å². The van der Waals surface area contributed by atoms with E-state index in [9.17, 15) is 4.79 Å². The van der Waals surface area contributed by atoms with Gasteiger partial charge in [-0.3, -0.25) is 4.79 Å². The third-order valence-electron chi connectivity index (χ3n) is 3.77. The molecule has 22 heavy (non-hydrogen) atoms. The molecular weight excluding hydrogens is 276 g/mol. The molecule has 0 saturated carbocycles. The van der Waals surface area contributed by atoms with E-state index in [-0.39, 0.29) is 11.9 Å². The fourth-order valence-electron chi connectivity index (χ4n) is 2.59. The number of benzene rings is 1. The van der Waals surface area contributed by atoms with Gasteiger partial charge in [-0.1, -0.05) is 6.07 Å². The quantitative estimate of drug-likeness (QED) is 0.939. The molecule has 1 unspecified atom stereocenters. The van der Waals surface area contributed by atoms with E-state index in [0.29, 0.717) is 11.1 Å². The maximum absolute atomic E-state index is 12.2. The second kappa shape index (κ2) is 6.27. The topological polar surface area (TPSA) is 69.0 Å². The Kier molecular flexibility index (Phi) is 4.01. The van der Waals surface area contributed by atoms with Crippen LogP contribution in [0.15, 0.2) is 48.7 Å². The average molecular weight is 292 g/mol. The number of nitrogens with zero attached hydrogens (tertiary/aromatic N) is 3. The van der Waals surface area contributed by atoms with Crippen molar-refractivity contribution in [1.29, 1.82) is 5.26 Å². The number of nitriles is 1. The van der Waals surface area contributed by atoms with Gasteiger partial charge in [-0.05, 0) is 42.8 Å². The SMILES string of the molecule is N#Cc1ccc(C(=O)NC2CCN(c3ccccn3)C2)cc1. The number of hydrogen-bond donors (Lipinski definition) is 1. The molecule has 2 heterocycles. The van der Waals surface area contributed by atoms with Gasteiger partial charge in [0.25, 0.3) is 5.91 Å². The zero-order valence-electron chi connectivity index (χ0n) is 12.1. The van der Waals surface area contributed by atoms with Gasteiger partial charge < -0.3 is 10.2 Å². The summed E-state index contributed by atoms with van der Waals surface area (Å²) in [6.07, 6.45) is 2.68. The molecule has 1 aromatic heterocycles. The molecule has 1 aliphatic heterocycles. The summed E-state index contributed by atoms with van der Waals surface area (Å²) in [6, 6.07) is 14.7. The van der Waals surface area contributed by atoms with E-state index in [1.807, 2.05) is 24.3 Å². The maximum Gasteiger partial charge on any atom is 0.251 e. The molecule has 5 heteroatoms. The molecule has 1 fully saturated rings. The maximum atomic E-state index is 12.2. The summed E-state index contributed by atoms with van der Waals surface area (Å²) in [4.78, 5) is 18.7. The monoisotopic (exact) mass is 292 g/mol. The first-order valence-electron chi connectivity index (χ1n) is 7.23. The number of hydrogen-bond acceptors (Lipinski definition) is 4. The Morgan fingerprint density at radius 1 is 1.27 bits per heavy atom. The van der Waals surface area contributed by atoms with Crippen molar-refractivity contribution in [3.63, 3.8) is 0 Å². The smallest absolute Gasteiger partial charge is 0.251 e. The van der Waals surface area contributed by atoms with E-state index in [1.54, 1.807) is 30.5 Å². The molecule has 1 atom stereocenters. The van der Waals surface area contributed by atoms with Crippen LogP contribution in [0.25, 0.3) is 0 Å². The second-order valence-corrected chi connectivity index (χ2v) is 5.28. The van der Waals surface area contributed by atoms with Crippen LogP contribution in [0, 0.1) is 11.3 Å². The van der Waals surface area contributed by atoms with Crippen LogP contribution in [-0.2, 0) is 0 Å². The normalized spacial score (nSPS) is 17.0. The van der Waals surface area contributed by atoms with Gasteiger partial charge in [0, 0.05) is 30.9 Å². The standard InChI is InChI=1S/C17H16N4O/c18-11-13-4-6-14(7-5-13)17(22)20-15-8-10-21(12-15)16-3-1-2-9-19-16/h1-7,9,15H,8,10,12H2,(H,20,22). The fourth-order valence-corrected chi connectivity index (χ4v) is 2.59. The van der Waals surface area contributed by atoms with Gasteiger partial charge in [-0.25, -0.2) is 4.98 Å². The minimum atomic E-state index is -0.0997. The Hall–Kier alpha value is -2.87. The third kappa shape index (κ3) is 3.07. The van der Waals surface area contributed by atoms with Crippen molar-refractivity contribution >= 4 is 11.7 Å². The molecule has 5 nitrogen and oxygen atoms in total. The van der Waals surface area contributed by atoms with Crippen LogP contribution in [-0.4, -0.2) is 30.0 Å². The Balaban J connectivity index is 1.60. The highest BCUT2D eigenvalue weighted by Gasteiger charge is 2.24. The molecule has 1 aromatic carbocycles. The second-order valence-electron chi connectivity index (χ2n) is 5.28. The van der Waals surface area contributed by atoms with Gasteiger partial charge in [-0.2, -0.15) is 5.26 Å². The van der Waals surface area contributed by atoms with Crippen LogP contribution in [0.5, 0.6) is 0 Å². The third-order valence-corrected chi connectivity index (χ3v) is 3.77. The summed E-state index contributed by atoms with van der Waals surface area (Å²) < 4.78 is 0. The molecule has 1 aliphatic rings. The van der Waals surface area contributed by atoms with Crippen LogP contribution in [0.2, 0.25) is 0 Å². The fraction of sp³-hybridized carbons (Fsp3) is 0.235. The molecule has 2 aromatic rings. The number of rotatable bonds is 3. The van der Waals surface area contributed by atoms with Gasteiger partial charge in [-0.15, -0.1) is 0 Å². The molecule has 0 spiro atoms. The lowest BCUT2D eigenvalue weighted by atomic mass is 10.1. The largest absolute Gasteiger partial charge is 0.354 e. The van der Waals surface area contributed by atoms with Gasteiger partial charge in [0.2, 0.25) is 0 Å². The number of nitrogens with one attached hydrogen (secondary N) is 1. The van der Waals surface area contributed by atoms with Crippen molar-refractivity contribution in [3.8, 4) is 6.07 Å². The minimum Gasteiger partial charge on any atom is -0.354 e. The lowest BCUT2D eigenvalue weighted by Gasteiger charge is -2.17. The first-order valence-corrected chi connectivity index (χ1v) is 7.23. The highest BCUT2D eigenvalue weighted by atomic mass is 16.1. The van der Waals surface area contributed by atoms with Crippen molar-refractivity contribution < 1.29 is 4.79 Å². The number of anilines is 1. The first kappa shape index (κ1) is 14.1. The first-order chi connectivity index (χ1) is 10.8. The molecule has 0 aliphatic carbocycles. The van der Waals surface area contributed by atoms with Crippen LogP contribution in [0.3, 0.4) is 0 Å². The molecule has 1 N–H and O–H groups in total. The number of aromatic nitrogens is 1. The van der Waals surface area contributed by atoms with E-state index in [1.165, 1.54) is 0 Å². The Morgan fingerprint density at radius 2 is 2.09 bits per heavy atom. The predicted molar refractivity (Wildman–Crippen MR) is 83.5 cm³/mol. The molecular formula is C17H16N4O. The van der Waals surface area contributed by atoms with Crippen molar-refractivity contribution in [2.75, 3.05) is 18.0 Å². The van der Waals surface area contributed by atoms with Gasteiger partial charge in [0.1, 0.15) is 5.82 Å². The summed E-state index contributed by atoms with van der Waals surface area (Å²) in [5.74, 6) is 0.843. The van der Waals surface area contributed by atoms with Crippen molar-refractivity contribution in [2.45, 2.75) is 12.5 Å². The highest BCUT2D eigenvalue weighted by molar-refractivity contribution is 5.94. The molecule has 1 saturated heterocycles. The molecule has 0 bridgehead atoms. The van der Waals surface area contributed by atoms with Gasteiger partial charge in [0.05, 0.1) is 11.6 Å². The van der Waals surface area contributed by atoms with E-state index in [4.69, 9.17) is 5.26 Å². The van der Waals surface area contributed by atoms with Crippen LogP contribution in [0.4, 0.5) is 5.82 Å².